The molecule has 1 aromatic carbocycles. The van der Waals surface area contributed by atoms with E-state index in [4.69, 9.17) is 9.47 Å². The Balaban J connectivity index is 1.15. The van der Waals surface area contributed by atoms with Crippen LogP contribution in [0.25, 0.3) is 0 Å². The van der Waals surface area contributed by atoms with Gasteiger partial charge >= 0.3 is 6.09 Å². The molecule has 9 nitrogen and oxygen atoms in total. The zero-order valence-corrected chi connectivity index (χ0v) is 25.5. The number of anilines is 2. The number of hydrogen-bond acceptors (Lipinski definition) is 8. The van der Waals surface area contributed by atoms with Crippen molar-refractivity contribution in [1.82, 2.24) is 9.29 Å². The van der Waals surface area contributed by atoms with Crippen LogP contribution in [0.1, 0.15) is 26.3 Å². The van der Waals surface area contributed by atoms with Crippen LogP contribution in [0.4, 0.5) is 20.7 Å². The summed E-state index contributed by atoms with van der Waals surface area (Å²) in [5.41, 5.74) is 1.59. The molecule has 3 aromatic rings. The third-order valence-electron chi connectivity index (χ3n) is 8.43. The third-order valence-corrected chi connectivity index (χ3v) is 11.0. The summed E-state index contributed by atoms with van der Waals surface area (Å²) in [5.74, 6) is 1.20. The van der Waals surface area contributed by atoms with Gasteiger partial charge in [0.05, 0.1) is 30.0 Å². The number of rotatable bonds is 7. The summed E-state index contributed by atoms with van der Waals surface area (Å²) in [6.07, 6.45) is 1.03. The number of carbonyl (C=O) groups is 1. The number of amides is 1. The van der Waals surface area contributed by atoms with Crippen molar-refractivity contribution in [3.63, 3.8) is 0 Å². The maximum absolute atomic E-state index is 13.6. The molecule has 4 heterocycles. The fourth-order valence-electron chi connectivity index (χ4n) is 5.86. The molecule has 2 atom stereocenters. The first-order chi connectivity index (χ1) is 20.0. The smallest absolute Gasteiger partial charge is 0.399 e. The minimum atomic E-state index is -3.61. The van der Waals surface area contributed by atoms with Gasteiger partial charge in [-0.3, -0.25) is 4.90 Å². The summed E-state index contributed by atoms with van der Waals surface area (Å²) in [7, 11) is -3.61. The summed E-state index contributed by atoms with van der Waals surface area (Å²) in [6.45, 7) is 10.2. The van der Waals surface area contributed by atoms with Gasteiger partial charge in [0, 0.05) is 32.7 Å². The molecule has 1 amide bonds. The van der Waals surface area contributed by atoms with E-state index < -0.39 is 21.2 Å². The number of carbonyl (C=O) groups excluding carboxylic acids is 1. The zero-order chi connectivity index (χ0) is 29.6. The Bertz CT molecular complexity index is 1520. The van der Waals surface area contributed by atoms with Crippen LogP contribution in [0.15, 0.2) is 59.6 Å². The lowest BCUT2D eigenvalue weighted by Crippen LogP contribution is -2.38. The number of benzene rings is 1. The number of halogens is 1. The lowest BCUT2D eigenvalue weighted by atomic mass is 9.87. The average molecular weight is 615 g/mol. The highest BCUT2D eigenvalue weighted by Gasteiger charge is 2.58. The van der Waals surface area contributed by atoms with Gasteiger partial charge in [0.2, 0.25) is 10.0 Å². The molecular weight excluding hydrogens is 579 g/mol. The van der Waals surface area contributed by atoms with E-state index in [-0.39, 0.29) is 28.2 Å². The predicted octanol–water partition coefficient (Wildman–Crippen LogP) is 4.99. The van der Waals surface area contributed by atoms with Crippen LogP contribution in [-0.4, -0.2) is 69.7 Å². The molecule has 0 N–H and O–H groups in total. The van der Waals surface area contributed by atoms with Gasteiger partial charge in [0.15, 0.2) is 10.2 Å². The molecule has 2 aromatic heterocycles. The standard InChI is InChI=1S/C30H35FN4O5S2/c1-30(2,3)20-4-7-22(8-5-20)42(37,38)34-17-23-24(18-34)25(23)19-35(29(36)40-28-11-9-26(31)41-28)21-6-10-27(32-16-21)33-12-14-39-15-13-33/h4-11,16,23-25H,12-15,17-19H2,1-3H3. The lowest BCUT2D eigenvalue weighted by Gasteiger charge is -2.28. The number of thiophene rings is 1. The summed E-state index contributed by atoms with van der Waals surface area (Å²) in [6, 6.07) is 13.5. The molecule has 0 spiro atoms. The van der Waals surface area contributed by atoms with Gasteiger partial charge in [-0.2, -0.15) is 8.70 Å². The second-order valence-corrected chi connectivity index (χ2v) is 15.0. The molecule has 0 radical (unpaired) electrons. The minimum Gasteiger partial charge on any atom is -0.399 e. The van der Waals surface area contributed by atoms with E-state index in [0.29, 0.717) is 43.4 Å². The third kappa shape index (κ3) is 5.90. The molecule has 3 fully saturated rings. The van der Waals surface area contributed by atoms with Crippen LogP contribution >= 0.6 is 11.3 Å². The Morgan fingerprint density at radius 3 is 2.33 bits per heavy atom. The Morgan fingerprint density at radius 2 is 1.76 bits per heavy atom. The minimum absolute atomic E-state index is 0.0617. The largest absolute Gasteiger partial charge is 0.420 e. The molecule has 1 saturated carbocycles. The molecule has 224 valence electrons. The van der Waals surface area contributed by atoms with E-state index in [0.717, 1.165) is 35.8 Å². The Kier molecular flexibility index (Phi) is 7.75. The molecule has 42 heavy (non-hydrogen) atoms. The molecule has 0 bridgehead atoms. The molecule has 1 aliphatic carbocycles. The van der Waals surface area contributed by atoms with Crippen LogP contribution in [0, 0.1) is 22.9 Å². The van der Waals surface area contributed by atoms with Gasteiger partial charge in [-0.15, -0.1) is 0 Å². The first-order valence-corrected chi connectivity index (χ1v) is 16.4. The van der Waals surface area contributed by atoms with Gasteiger partial charge < -0.3 is 14.4 Å². The van der Waals surface area contributed by atoms with Gasteiger partial charge in [-0.1, -0.05) is 44.2 Å². The highest BCUT2D eigenvalue weighted by atomic mass is 32.2. The Labute approximate surface area is 249 Å². The molecule has 3 aliphatic rings. The number of piperidine rings is 1. The number of sulfonamides is 1. The number of hydrogen-bond donors (Lipinski definition) is 0. The van der Waals surface area contributed by atoms with Crippen molar-refractivity contribution < 1.29 is 27.1 Å². The van der Waals surface area contributed by atoms with Gasteiger partial charge in [0.25, 0.3) is 0 Å². The Hall–Kier alpha value is -3.06. The van der Waals surface area contributed by atoms with E-state index in [1.807, 2.05) is 24.3 Å². The first-order valence-electron chi connectivity index (χ1n) is 14.1. The van der Waals surface area contributed by atoms with Gasteiger partial charge in [-0.05, 0) is 65.1 Å². The lowest BCUT2D eigenvalue weighted by molar-refractivity contribution is 0.122. The van der Waals surface area contributed by atoms with Crippen molar-refractivity contribution in [2.45, 2.75) is 31.1 Å². The molecule has 6 rings (SSSR count). The topological polar surface area (TPSA) is 92.3 Å². The summed E-state index contributed by atoms with van der Waals surface area (Å²) in [5, 5.41) is -0.266. The zero-order valence-electron chi connectivity index (χ0n) is 23.9. The number of fused-ring (bicyclic) bond motifs is 1. The number of nitrogens with zero attached hydrogens (tertiary/aromatic N) is 4. The van der Waals surface area contributed by atoms with Crippen LogP contribution in [0.5, 0.6) is 5.06 Å². The number of morpholine rings is 1. The molecule has 2 unspecified atom stereocenters. The van der Waals surface area contributed by atoms with Crippen LogP contribution in [-0.2, 0) is 20.2 Å². The quantitative estimate of drug-likeness (QED) is 0.370. The fraction of sp³-hybridized carbons (Fsp3) is 0.467. The fourth-order valence-corrected chi connectivity index (χ4v) is 7.95. The van der Waals surface area contributed by atoms with Gasteiger partial charge in [-0.25, -0.2) is 18.2 Å². The SMILES string of the molecule is CC(C)(C)c1ccc(S(=O)(=O)N2CC3C(CN(C(=O)Oc4ccc(F)s4)c4ccc(N5CCOCC5)nc4)C3C2)cc1. The maximum Gasteiger partial charge on any atom is 0.420 e. The van der Waals surface area contributed by atoms with Crippen molar-refractivity contribution in [3.05, 3.63) is 65.4 Å². The predicted molar refractivity (Wildman–Crippen MR) is 159 cm³/mol. The van der Waals surface area contributed by atoms with Crippen molar-refractivity contribution in [2.24, 2.45) is 17.8 Å². The van der Waals surface area contributed by atoms with Crippen molar-refractivity contribution >= 4 is 39.0 Å². The van der Waals surface area contributed by atoms with Crippen LogP contribution in [0.3, 0.4) is 0 Å². The first kappa shape index (κ1) is 29.0. The highest BCUT2D eigenvalue weighted by molar-refractivity contribution is 7.89. The Morgan fingerprint density at radius 1 is 1.07 bits per heavy atom. The maximum atomic E-state index is 13.6. The molecular formula is C30H35FN4O5S2. The molecule has 12 heteroatoms. The second-order valence-electron chi connectivity index (χ2n) is 12.1. The average Bonchev–Trinajstić information content (AvgIpc) is 3.26. The van der Waals surface area contributed by atoms with Gasteiger partial charge in [0.1, 0.15) is 5.82 Å². The monoisotopic (exact) mass is 614 g/mol. The summed E-state index contributed by atoms with van der Waals surface area (Å²) >= 11 is 0.760. The summed E-state index contributed by atoms with van der Waals surface area (Å²) in [4.78, 5) is 21.9. The second kappa shape index (κ2) is 11.2. The van der Waals surface area contributed by atoms with Crippen LogP contribution < -0.4 is 14.5 Å². The van der Waals surface area contributed by atoms with E-state index in [1.165, 1.54) is 17.0 Å². The van der Waals surface area contributed by atoms with Crippen molar-refractivity contribution in [1.29, 1.82) is 0 Å². The van der Waals surface area contributed by atoms with E-state index in [1.54, 1.807) is 22.6 Å². The highest BCUT2D eigenvalue weighted by Crippen LogP contribution is 2.53. The normalized spacial score (nSPS) is 22.6. The number of pyridine rings is 1. The van der Waals surface area contributed by atoms with E-state index >= 15 is 0 Å². The van der Waals surface area contributed by atoms with Crippen molar-refractivity contribution in [3.8, 4) is 5.06 Å². The summed E-state index contributed by atoms with van der Waals surface area (Å²) < 4.78 is 52.8. The number of aromatic nitrogens is 1. The van der Waals surface area contributed by atoms with Crippen LogP contribution in [0.2, 0.25) is 0 Å². The number of ether oxygens (including phenoxy) is 2. The van der Waals surface area contributed by atoms with Crippen molar-refractivity contribution in [2.75, 3.05) is 55.7 Å². The van der Waals surface area contributed by atoms with E-state index in [2.05, 4.69) is 30.7 Å². The molecule has 2 aliphatic heterocycles. The molecule has 2 saturated heterocycles. The van der Waals surface area contributed by atoms with E-state index in [9.17, 15) is 17.6 Å².